The number of fused-ring (bicyclic) bond motifs is 1. The van der Waals surface area contributed by atoms with E-state index in [-0.39, 0.29) is 5.91 Å². The molecule has 0 aliphatic rings. The van der Waals surface area contributed by atoms with E-state index >= 15 is 0 Å². The summed E-state index contributed by atoms with van der Waals surface area (Å²) in [5.41, 5.74) is 7.32. The Bertz CT molecular complexity index is 776. The molecule has 0 radical (unpaired) electrons. The molecule has 108 valence electrons. The molecule has 0 unspecified atom stereocenters. The van der Waals surface area contributed by atoms with Gasteiger partial charge < -0.3 is 11.1 Å². The second kappa shape index (κ2) is 5.67. The van der Waals surface area contributed by atoms with Gasteiger partial charge in [-0.3, -0.25) is 4.79 Å². The maximum absolute atomic E-state index is 12.0. The van der Waals surface area contributed by atoms with Crippen molar-refractivity contribution in [1.29, 1.82) is 0 Å². The van der Waals surface area contributed by atoms with Crippen LogP contribution in [0.2, 0.25) is 0 Å². The minimum Gasteiger partial charge on any atom is -0.350 e. The number of nitrogens with two attached hydrogens (primary N) is 1. The highest BCUT2D eigenvalue weighted by molar-refractivity contribution is 7.20. The van der Waals surface area contributed by atoms with Gasteiger partial charge in [-0.05, 0) is 25.1 Å². The molecule has 0 aliphatic heterocycles. The molecule has 0 aliphatic carbocycles. The van der Waals surface area contributed by atoms with Crippen molar-refractivity contribution in [2.24, 2.45) is 5.73 Å². The number of nitrogens with zero attached hydrogens (tertiary/aromatic N) is 2. The Morgan fingerprint density at radius 1 is 1.38 bits per heavy atom. The average Bonchev–Trinajstić information content (AvgIpc) is 3.07. The number of benzene rings is 1. The number of carbonyl (C=O) groups excluding carboxylic acids is 1. The number of hydrogen-bond donors (Lipinski definition) is 2. The van der Waals surface area contributed by atoms with Crippen molar-refractivity contribution < 1.29 is 4.79 Å². The van der Waals surface area contributed by atoms with Crippen LogP contribution in [0, 0.1) is 6.92 Å². The van der Waals surface area contributed by atoms with Crippen molar-refractivity contribution in [2.75, 3.05) is 13.1 Å². The average molecular weight is 300 g/mol. The summed E-state index contributed by atoms with van der Waals surface area (Å²) in [4.78, 5) is 13.7. The first-order chi connectivity index (χ1) is 10.2. The molecule has 3 rings (SSSR count). The van der Waals surface area contributed by atoms with Crippen molar-refractivity contribution in [2.45, 2.75) is 6.92 Å². The van der Waals surface area contributed by atoms with Crippen LogP contribution in [0.5, 0.6) is 0 Å². The van der Waals surface area contributed by atoms with Gasteiger partial charge in [0.2, 0.25) is 0 Å². The molecule has 3 aromatic rings. The monoisotopic (exact) mass is 300 g/mol. The van der Waals surface area contributed by atoms with E-state index in [2.05, 4.69) is 10.4 Å². The van der Waals surface area contributed by atoms with Crippen LogP contribution in [0.25, 0.3) is 15.9 Å². The summed E-state index contributed by atoms with van der Waals surface area (Å²) in [5.74, 6) is -0.0827. The van der Waals surface area contributed by atoms with Gasteiger partial charge in [-0.25, -0.2) is 4.68 Å². The number of carbonyl (C=O) groups is 1. The van der Waals surface area contributed by atoms with E-state index in [9.17, 15) is 4.79 Å². The van der Waals surface area contributed by atoms with Crippen molar-refractivity contribution in [3.05, 3.63) is 47.0 Å². The summed E-state index contributed by atoms with van der Waals surface area (Å²) < 4.78 is 1.88. The van der Waals surface area contributed by atoms with Crippen LogP contribution >= 0.6 is 11.3 Å². The highest BCUT2D eigenvalue weighted by Crippen LogP contribution is 2.30. The summed E-state index contributed by atoms with van der Waals surface area (Å²) in [6.07, 6.45) is 0. The number of nitrogens with one attached hydrogen (secondary N) is 1. The molecule has 0 atom stereocenters. The fraction of sp³-hybridized carbons (Fsp3) is 0.200. The zero-order chi connectivity index (χ0) is 14.8. The van der Waals surface area contributed by atoms with E-state index in [1.54, 1.807) is 0 Å². The first-order valence-electron chi connectivity index (χ1n) is 6.73. The first kappa shape index (κ1) is 13.8. The lowest BCUT2D eigenvalue weighted by Gasteiger charge is -2.02. The van der Waals surface area contributed by atoms with Crippen LogP contribution in [0.1, 0.15) is 15.4 Å². The highest BCUT2D eigenvalue weighted by atomic mass is 32.1. The summed E-state index contributed by atoms with van der Waals surface area (Å²) in [7, 11) is 0. The molecule has 0 saturated heterocycles. The molecule has 0 fully saturated rings. The molecule has 0 saturated carbocycles. The topological polar surface area (TPSA) is 72.9 Å². The van der Waals surface area contributed by atoms with Gasteiger partial charge in [0.15, 0.2) is 0 Å². The van der Waals surface area contributed by atoms with Gasteiger partial charge in [0.25, 0.3) is 5.91 Å². The fourth-order valence-electron chi connectivity index (χ4n) is 2.18. The third-order valence-corrected chi connectivity index (χ3v) is 4.31. The molecule has 5 nitrogen and oxygen atoms in total. The number of hydrogen-bond acceptors (Lipinski definition) is 4. The van der Waals surface area contributed by atoms with Gasteiger partial charge in [0, 0.05) is 18.5 Å². The largest absolute Gasteiger partial charge is 0.350 e. The van der Waals surface area contributed by atoms with Crippen LogP contribution < -0.4 is 11.1 Å². The SMILES string of the molecule is Cc1nn(-c2ccccc2)c2sc(C(=O)NCCN)cc12. The number of aromatic nitrogens is 2. The van der Waals surface area contributed by atoms with E-state index in [1.165, 1.54) is 11.3 Å². The molecule has 21 heavy (non-hydrogen) atoms. The molecule has 6 heteroatoms. The zero-order valence-corrected chi connectivity index (χ0v) is 12.5. The summed E-state index contributed by atoms with van der Waals surface area (Å²) >= 11 is 1.45. The molecule has 1 aromatic carbocycles. The Labute approximate surface area is 126 Å². The van der Waals surface area contributed by atoms with Crippen molar-refractivity contribution in [3.63, 3.8) is 0 Å². The Morgan fingerprint density at radius 2 is 2.14 bits per heavy atom. The lowest BCUT2D eigenvalue weighted by Crippen LogP contribution is -2.28. The lowest BCUT2D eigenvalue weighted by molar-refractivity contribution is 0.0959. The van der Waals surface area contributed by atoms with Crippen LogP contribution in [0.4, 0.5) is 0 Å². The normalized spacial score (nSPS) is 11.0. The van der Waals surface area contributed by atoms with Gasteiger partial charge in [-0.1, -0.05) is 18.2 Å². The third-order valence-electron chi connectivity index (χ3n) is 3.20. The molecular formula is C15H16N4OS. The van der Waals surface area contributed by atoms with Crippen LogP contribution in [0.15, 0.2) is 36.4 Å². The summed E-state index contributed by atoms with van der Waals surface area (Å²) in [5, 5.41) is 8.37. The fourth-order valence-corrected chi connectivity index (χ4v) is 3.28. The minimum atomic E-state index is -0.0827. The van der Waals surface area contributed by atoms with Crippen molar-refractivity contribution >= 4 is 27.5 Å². The van der Waals surface area contributed by atoms with Crippen LogP contribution in [-0.2, 0) is 0 Å². The first-order valence-corrected chi connectivity index (χ1v) is 7.55. The maximum atomic E-state index is 12.0. The predicted molar refractivity (Wildman–Crippen MR) is 85.1 cm³/mol. The van der Waals surface area contributed by atoms with Gasteiger partial charge in [0.05, 0.1) is 16.3 Å². The quantitative estimate of drug-likeness (QED) is 0.775. The molecule has 0 spiro atoms. The maximum Gasteiger partial charge on any atom is 0.261 e. The van der Waals surface area contributed by atoms with E-state index in [0.717, 1.165) is 21.6 Å². The van der Waals surface area contributed by atoms with Gasteiger partial charge in [-0.2, -0.15) is 5.10 Å². The van der Waals surface area contributed by atoms with E-state index in [4.69, 9.17) is 5.73 Å². The van der Waals surface area contributed by atoms with Crippen LogP contribution in [0.3, 0.4) is 0 Å². The predicted octanol–water partition coefficient (Wildman–Crippen LogP) is 2.08. The van der Waals surface area contributed by atoms with Gasteiger partial charge in [0.1, 0.15) is 4.83 Å². The zero-order valence-electron chi connectivity index (χ0n) is 11.7. The number of aryl methyl sites for hydroxylation is 1. The number of thiophene rings is 1. The standard InChI is InChI=1S/C15H16N4OS/c1-10-12-9-13(14(20)17-8-7-16)21-15(12)19(18-10)11-5-3-2-4-6-11/h2-6,9H,7-8,16H2,1H3,(H,17,20). The molecule has 2 aromatic heterocycles. The number of rotatable bonds is 4. The lowest BCUT2D eigenvalue weighted by atomic mass is 10.3. The summed E-state index contributed by atoms with van der Waals surface area (Å²) in [6.45, 7) is 2.88. The molecule has 2 heterocycles. The second-order valence-electron chi connectivity index (χ2n) is 4.71. The number of amides is 1. The van der Waals surface area contributed by atoms with Gasteiger partial charge in [-0.15, -0.1) is 11.3 Å². The Kier molecular flexibility index (Phi) is 3.72. The molecule has 0 bridgehead atoms. The minimum absolute atomic E-state index is 0.0827. The van der Waals surface area contributed by atoms with E-state index in [1.807, 2.05) is 48.0 Å². The highest BCUT2D eigenvalue weighted by Gasteiger charge is 2.16. The van der Waals surface area contributed by atoms with Crippen LogP contribution in [-0.4, -0.2) is 28.8 Å². The second-order valence-corrected chi connectivity index (χ2v) is 5.74. The Hall–Kier alpha value is -2.18. The molecular weight excluding hydrogens is 284 g/mol. The smallest absolute Gasteiger partial charge is 0.261 e. The third kappa shape index (κ3) is 2.55. The Balaban J connectivity index is 2.04. The molecule has 1 amide bonds. The van der Waals surface area contributed by atoms with Crippen molar-refractivity contribution in [1.82, 2.24) is 15.1 Å². The van der Waals surface area contributed by atoms with E-state index < -0.39 is 0 Å². The number of para-hydroxylation sites is 1. The van der Waals surface area contributed by atoms with E-state index in [0.29, 0.717) is 18.0 Å². The summed E-state index contributed by atoms with van der Waals surface area (Å²) in [6, 6.07) is 11.8. The molecule has 3 N–H and O–H groups in total. The van der Waals surface area contributed by atoms with Crippen molar-refractivity contribution in [3.8, 4) is 5.69 Å². The van der Waals surface area contributed by atoms with Gasteiger partial charge >= 0.3 is 0 Å². The Morgan fingerprint density at radius 3 is 2.86 bits per heavy atom.